The molecule has 0 aliphatic carbocycles. The number of benzene rings is 1. The number of hydrogen-bond donors (Lipinski definition) is 1. The van der Waals surface area contributed by atoms with E-state index in [1.165, 1.54) is 0 Å². The van der Waals surface area contributed by atoms with E-state index in [1.54, 1.807) is 0 Å². The molecule has 3 nitrogen and oxygen atoms in total. The van der Waals surface area contributed by atoms with Crippen LogP contribution in [0.15, 0.2) is 24.3 Å². The summed E-state index contributed by atoms with van der Waals surface area (Å²) in [6, 6.07) is 7.73. The molecular formula is C10H13NO2. The molecule has 1 fully saturated rings. The van der Waals surface area contributed by atoms with Gasteiger partial charge < -0.3 is 15.2 Å². The van der Waals surface area contributed by atoms with Gasteiger partial charge in [-0.15, -0.1) is 0 Å². The molecular weight excluding hydrogens is 166 g/mol. The lowest BCUT2D eigenvalue weighted by atomic mass is 10.1. The first kappa shape index (κ1) is 8.53. The van der Waals surface area contributed by atoms with Crippen molar-refractivity contribution < 1.29 is 9.47 Å². The normalized spacial score (nSPS) is 22.9. The van der Waals surface area contributed by atoms with Gasteiger partial charge in [-0.3, -0.25) is 0 Å². The molecule has 1 aliphatic rings. The Hall–Kier alpha value is -1.06. The van der Waals surface area contributed by atoms with Crippen LogP contribution in [0.25, 0.3) is 0 Å². The van der Waals surface area contributed by atoms with E-state index >= 15 is 0 Å². The number of rotatable bonds is 1. The summed E-state index contributed by atoms with van der Waals surface area (Å²) in [6.45, 7) is 2.02. The fourth-order valence-corrected chi connectivity index (χ4v) is 1.39. The van der Waals surface area contributed by atoms with Gasteiger partial charge in [0.25, 0.3) is 0 Å². The van der Waals surface area contributed by atoms with Crippen LogP contribution < -0.4 is 5.73 Å². The van der Waals surface area contributed by atoms with Gasteiger partial charge in [0.2, 0.25) is 0 Å². The average molecular weight is 179 g/mol. The molecule has 3 heteroatoms. The van der Waals surface area contributed by atoms with E-state index in [1.807, 2.05) is 24.3 Å². The van der Waals surface area contributed by atoms with Gasteiger partial charge in [-0.1, -0.05) is 12.1 Å². The number of nitrogens with two attached hydrogens (primary N) is 1. The zero-order valence-electron chi connectivity index (χ0n) is 7.40. The van der Waals surface area contributed by atoms with Crippen LogP contribution in [0.1, 0.15) is 11.7 Å². The van der Waals surface area contributed by atoms with Crippen LogP contribution in [0.4, 0.5) is 5.69 Å². The zero-order valence-corrected chi connectivity index (χ0v) is 7.40. The van der Waals surface area contributed by atoms with Gasteiger partial charge in [0, 0.05) is 5.69 Å². The Kier molecular flexibility index (Phi) is 2.47. The fourth-order valence-electron chi connectivity index (χ4n) is 1.39. The summed E-state index contributed by atoms with van der Waals surface area (Å²) < 4.78 is 10.8. The van der Waals surface area contributed by atoms with Crippen LogP contribution >= 0.6 is 0 Å². The molecule has 1 atom stereocenters. The van der Waals surface area contributed by atoms with Crippen LogP contribution in [0.5, 0.6) is 0 Å². The molecule has 2 rings (SSSR count). The van der Waals surface area contributed by atoms with Gasteiger partial charge in [0.1, 0.15) is 6.10 Å². The van der Waals surface area contributed by atoms with Crippen LogP contribution in [0, 0.1) is 0 Å². The summed E-state index contributed by atoms with van der Waals surface area (Å²) in [5.41, 5.74) is 7.50. The number of ether oxygens (including phenoxy) is 2. The lowest BCUT2D eigenvalue weighted by molar-refractivity contribution is -0.0901. The molecule has 1 aliphatic heterocycles. The molecule has 0 bridgehead atoms. The first-order valence-electron chi connectivity index (χ1n) is 4.41. The topological polar surface area (TPSA) is 44.5 Å². The van der Waals surface area contributed by atoms with E-state index in [2.05, 4.69) is 0 Å². The summed E-state index contributed by atoms with van der Waals surface area (Å²) in [5.74, 6) is 0. The van der Waals surface area contributed by atoms with Crippen molar-refractivity contribution in [2.45, 2.75) is 6.10 Å². The fraction of sp³-hybridized carbons (Fsp3) is 0.400. The highest BCUT2D eigenvalue weighted by Gasteiger charge is 2.15. The molecule has 0 aromatic heterocycles. The Morgan fingerprint density at radius 3 is 2.54 bits per heavy atom. The molecule has 1 heterocycles. The highest BCUT2D eigenvalue weighted by atomic mass is 16.6. The standard InChI is InChI=1S/C10H13NO2/c11-9-3-1-8(2-4-9)10-7-12-5-6-13-10/h1-4,10H,5-7,11H2. The van der Waals surface area contributed by atoms with Gasteiger partial charge >= 0.3 is 0 Å². The van der Waals surface area contributed by atoms with E-state index in [4.69, 9.17) is 15.2 Å². The Bertz CT molecular complexity index is 265. The third-order valence-corrected chi connectivity index (χ3v) is 2.12. The molecule has 1 aromatic rings. The Morgan fingerprint density at radius 2 is 1.92 bits per heavy atom. The molecule has 0 saturated carbocycles. The van der Waals surface area contributed by atoms with E-state index in [-0.39, 0.29) is 6.10 Å². The summed E-state index contributed by atoms with van der Waals surface area (Å²) in [4.78, 5) is 0. The van der Waals surface area contributed by atoms with Crippen LogP contribution in [0.2, 0.25) is 0 Å². The summed E-state index contributed by atoms with van der Waals surface area (Å²) in [7, 11) is 0. The second-order valence-corrected chi connectivity index (χ2v) is 3.10. The Labute approximate surface area is 77.5 Å². The van der Waals surface area contributed by atoms with Crippen molar-refractivity contribution in [3.63, 3.8) is 0 Å². The lowest BCUT2D eigenvalue weighted by Crippen LogP contribution is -2.21. The molecule has 0 amide bonds. The minimum atomic E-state index is 0.0781. The van der Waals surface area contributed by atoms with Crippen molar-refractivity contribution in [2.24, 2.45) is 0 Å². The predicted octanol–water partition coefficient (Wildman–Crippen LogP) is 1.36. The highest BCUT2D eigenvalue weighted by Crippen LogP contribution is 2.21. The molecule has 1 unspecified atom stereocenters. The maximum absolute atomic E-state index is 5.58. The predicted molar refractivity (Wildman–Crippen MR) is 50.4 cm³/mol. The first-order valence-corrected chi connectivity index (χ1v) is 4.41. The third-order valence-electron chi connectivity index (χ3n) is 2.12. The van der Waals surface area contributed by atoms with Crippen molar-refractivity contribution in [1.29, 1.82) is 0 Å². The minimum Gasteiger partial charge on any atom is -0.399 e. The second kappa shape index (κ2) is 3.77. The van der Waals surface area contributed by atoms with Crippen molar-refractivity contribution in [2.75, 3.05) is 25.6 Å². The Balaban J connectivity index is 2.10. The number of hydrogen-bond acceptors (Lipinski definition) is 3. The molecule has 13 heavy (non-hydrogen) atoms. The Morgan fingerprint density at radius 1 is 1.15 bits per heavy atom. The van der Waals surface area contributed by atoms with Crippen molar-refractivity contribution >= 4 is 5.69 Å². The van der Waals surface area contributed by atoms with Crippen molar-refractivity contribution in [3.05, 3.63) is 29.8 Å². The highest BCUT2D eigenvalue weighted by molar-refractivity contribution is 5.39. The summed E-state index contributed by atoms with van der Waals surface area (Å²) in [6.07, 6.45) is 0.0781. The quantitative estimate of drug-likeness (QED) is 0.662. The van der Waals surface area contributed by atoms with Crippen molar-refractivity contribution in [1.82, 2.24) is 0 Å². The van der Waals surface area contributed by atoms with E-state index in [0.29, 0.717) is 19.8 Å². The second-order valence-electron chi connectivity index (χ2n) is 3.10. The SMILES string of the molecule is Nc1ccc(C2COCCO2)cc1. The lowest BCUT2D eigenvalue weighted by Gasteiger charge is -2.23. The van der Waals surface area contributed by atoms with Gasteiger partial charge in [0.15, 0.2) is 0 Å². The summed E-state index contributed by atoms with van der Waals surface area (Å²) in [5, 5.41) is 0. The minimum absolute atomic E-state index is 0.0781. The van der Waals surface area contributed by atoms with Crippen molar-refractivity contribution in [3.8, 4) is 0 Å². The van der Waals surface area contributed by atoms with Gasteiger partial charge in [-0.25, -0.2) is 0 Å². The molecule has 0 radical (unpaired) electrons. The molecule has 70 valence electrons. The molecule has 0 spiro atoms. The van der Waals surface area contributed by atoms with E-state index in [0.717, 1.165) is 11.3 Å². The average Bonchev–Trinajstić information content (AvgIpc) is 2.20. The van der Waals surface area contributed by atoms with Crippen LogP contribution in [-0.4, -0.2) is 19.8 Å². The third kappa shape index (κ3) is 1.99. The zero-order chi connectivity index (χ0) is 9.10. The van der Waals surface area contributed by atoms with Gasteiger partial charge in [-0.2, -0.15) is 0 Å². The molecule has 1 aromatic carbocycles. The molecule has 1 saturated heterocycles. The van der Waals surface area contributed by atoms with Crippen LogP contribution in [0.3, 0.4) is 0 Å². The first-order chi connectivity index (χ1) is 6.36. The largest absolute Gasteiger partial charge is 0.399 e. The monoisotopic (exact) mass is 179 g/mol. The molecule has 2 N–H and O–H groups in total. The van der Waals surface area contributed by atoms with E-state index < -0.39 is 0 Å². The summed E-state index contributed by atoms with van der Waals surface area (Å²) >= 11 is 0. The maximum atomic E-state index is 5.58. The van der Waals surface area contributed by atoms with Gasteiger partial charge in [-0.05, 0) is 17.7 Å². The smallest absolute Gasteiger partial charge is 0.106 e. The number of anilines is 1. The number of nitrogen functional groups attached to an aromatic ring is 1. The van der Waals surface area contributed by atoms with Crippen LogP contribution in [-0.2, 0) is 9.47 Å². The maximum Gasteiger partial charge on any atom is 0.106 e. The van der Waals surface area contributed by atoms with E-state index in [9.17, 15) is 0 Å². The van der Waals surface area contributed by atoms with Gasteiger partial charge in [0.05, 0.1) is 19.8 Å².